The summed E-state index contributed by atoms with van der Waals surface area (Å²) in [5.41, 5.74) is 0. The van der Waals surface area contributed by atoms with Gasteiger partial charge in [0.15, 0.2) is 0 Å². The normalized spacial score (nSPS) is 11.0. The SMILES string of the molecule is CCCCCCCCCCCCCC(=O)OCCNC(=O)CCCN(C)C. The van der Waals surface area contributed by atoms with E-state index in [0.29, 0.717) is 19.4 Å². The van der Waals surface area contributed by atoms with Gasteiger partial charge in [-0.1, -0.05) is 71.1 Å². The van der Waals surface area contributed by atoms with Crippen LogP contribution in [0.25, 0.3) is 0 Å². The van der Waals surface area contributed by atoms with Gasteiger partial charge in [0.25, 0.3) is 0 Å². The van der Waals surface area contributed by atoms with Gasteiger partial charge >= 0.3 is 5.97 Å². The number of carbonyl (C=O) groups is 2. The van der Waals surface area contributed by atoms with E-state index in [-0.39, 0.29) is 18.5 Å². The summed E-state index contributed by atoms with van der Waals surface area (Å²) < 4.78 is 5.17. The molecule has 1 amide bonds. The predicted octanol–water partition coefficient (Wildman–Crippen LogP) is 4.69. The zero-order chi connectivity index (χ0) is 20.2. The van der Waals surface area contributed by atoms with Crippen LogP contribution in [0.4, 0.5) is 0 Å². The van der Waals surface area contributed by atoms with Crippen molar-refractivity contribution < 1.29 is 14.3 Å². The maximum atomic E-state index is 11.7. The third-order valence-electron chi connectivity index (χ3n) is 4.68. The molecule has 1 N–H and O–H groups in total. The molecule has 0 radical (unpaired) electrons. The lowest BCUT2D eigenvalue weighted by Crippen LogP contribution is -2.28. The molecule has 0 atom stereocenters. The van der Waals surface area contributed by atoms with Gasteiger partial charge in [-0.25, -0.2) is 0 Å². The number of rotatable bonds is 19. The van der Waals surface area contributed by atoms with Crippen LogP contribution < -0.4 is 5.32 Å². The van der Waals surface area contributed by atoms with Crippen molar-refractivity contribution in [2.75, 3.05) is 33.8 Å². The Hall–Kier alpha value is -1.10. The lowest BCUT2D eigenvalue weighted by Gasteiger charge is -2.09. The molecule has 0 fully saturated rings. The Kier molecular flexibility index (Phi) is 18.9. The molecule has 0 unspecified atom stereocenters. The van der Waals surface area contributed by atoms with Crippen LogP contribution in [0.15, 0.2) is 0 Å². The number of carbonyl (C=O) groups excluding carboxylic acids is 2. The number of hydrogen-bond acceptors (Lipinski definition) is 4. The van der Waals surface area contributed by atoms with E-state index in [0.717, 1.165) is 25.8 Å². The fourth-order valence-corrected chi connectivity index (χ4v) is 3.01. The van der Waals surface area contributed by atoms with Gasteiger partial charge in [-0.15, -0.1) is 0 Å². The van der Waals surface area contributed by atoms with Crippen molar-refractivity contribution in [2.24, 2.45) is 0 Å². The highest BCUT2D eigenvalue weighted by Gasteiger charge is 2.04. The summed E-state index contributed by atoms with van der Waals surface area (Å²) in [6, 6.07) is 0. The van der Waals surface area contributed by atoms with E-state index in [1.807, 2.05) is 14.1 Å². The first-order valence-electron chi connectivity index (χ1n) is 11.1. The van der Waals surface area contributed by atoms with Crippen molar-refractivity contribution in [1.82, 2.24) is 10.2 Å². The maximum absolute atomic E-state index is 11.7. The molecule has 0 aromatic heterocycles. The fraction of sp³-hybridized carbons (Fsp3) is 0.909. The van der Waals surface area contributed by atoms with Gasteiger partial charge in [0.1, 0.15) is 6.61 Å². The van der Waals surface area contributed by atoms with Gasteiger partial charge in [0, 0.05) is 12.8 Å². The van der Waals surface area contributed by atoms with Crippen LogP contribution in [0.2, 0.25) is 0 Å². The highest BCUT2D eigenvalue weighted by molar-refractivity contribution is 5.75. The van der Waals surface area contributed by atoms with Gasteiger partial charge in [0.05, 0.1) is 6.54 Å². The smallest absolute Gasteiger partial charge is 0.305 e. The average Bonchev–Trinajstić information content (AvgIpc) is 2.63. The Morgan fingerprint density at radius 1 is 0.778 bits per heavy atom. The van der Waals surface area contributed by atoms with Gasteiger partial charge in [-0.05, 0) is 33.5 Å². The number of esters is 1. The molecule has 0 saturated heterocycles. The van der Waals surface area contributed by atoms with E-state index in [1.165, 1.54) is 57.8 Å². The first-order valence-corrected chi connectivity index (χ1v) is 11.1. The second-order valence-corrected chi connectivity index (χ2v) is 7.76. The van der Waals surface area contributed by atoms with Crippen LogP contribution >= 0.6 is 0 Å². The van der Waals surface area contributed by atoms with Crippen LogP contribution in [0.1, 0.15) is 96.8 Å². The molecular weight excluding hydrogens is 340 g/mol. The maximum Gasteiger partial charge on any atom is 0.305 e. The van der Waals surface area contributed by atoms with Crippen molar-refractivity contribution in [1.29, 1.82) is 0 Å². The highest BCUT2D eigenvalue weighted by atomic mass is 16.5. The minimum atomic E-state index is -0.146. The Bertz CT molecular complexity index is 359. The molecule has 0 saturated carbocycles. The highest BCUT2D eigenvalue weighted by Crippen LogP contribution is 2.12. The first-order chi connectivity index (χ1) is 13.1. The summed E-state index contributed by atoms with van der Waals surface area (Å²) in [5.74, 6) is -0.119. The first kappa shape index (κ1) is 25.9. The second-order valence-electron chi connectivity index (χ2n) is 7.76. The van der Waals surface area contributed by atoms with Crippen LogP contribution in [-0.2, 0) is 14.3 Å². The Morgan fingerprint density at radius 3 is 1.89 bits per heavy atom. The summed E-state index contributed by atoms with van der Waals surface area (Å²) in [4.78, 5) is 25.3. The summed E-state index contributed by atoms with van der Waals surface area (Å²) in [6.07, 6.45) is 15.9. The van der Waals surface area contributed by atoms with Crippen LogP contribution in [0, 0.1) is 0 Å². The zero-order valence-electron chi connectivity index (χ0n) is 18.2. The van der Waals surface area contributed by atoms with Crippen molar-refractivity contribution in [3.63, 3.8) is 0 Å². The van der Waals surface area contributed by atoms with Gasteiger partial charge in [0.2, 0.25) is 5.91 Å². The monoisotopic (exact) mass is 384 g/mol. The molecule has 5 heteroatoms. The van der Waals surface area contributed by atoms with Gasteiger partial charge in [-0.3, -0.25) is 9.59 Å². The lowest BCUT2D eigenvalue weighted by atomic mass is 10.1. The summed E-state index contributed by atoms with van der Waals surface area (Å²) in [6.45, 7) is 3.84. The number of ether oxygens (including phenoxy) is 1. The number of unbranched alkanes of at least 4 members (excludes halogenated alkanes) is 10. The Balaban J connectivity index is 3.29. The predicted molar refractivity (Wildman–Crippen MR) is 113 cm³/mol. The summed E-state index contributed by atoms with van der Waals surface area (Å²) in [5, 5.41) is 2.79. The molecule has 27 heavy (non-hydrogen) atoms. The van der Waals surface area contributed by atoms with E-state index in [4.69, 9.17) is 4.74 Å². The summed E-state index contributed by atoms with van der Waals surface area (Å²) in [7, 11) is 3.99. The minimum absolute atomic E-state index is 0.0262. The van der Waals surface area contributed by atoms with Crippen LogP contribution in [-0.4, -0.2) is 50.6 Å². The second kappa shape index (κ2) is 19.7. The van der Waals surface area contributed by atoms with E-state index in [1.54, 1.807) is 0 Å². The molecule has 0 spiro atoms. The van der Waals surface area contributed by atoms with E-state index in [9.17, 15) is 9.59 Å². The number of nitrogens with zero attached hydrogens (tertiary/aromatic N) is 1. The topological polar surface area (TPSA) is 58.6 Å². The third kappa shape index (κ3) is 21.1. The average molecular weight is 385 g/mol. The molecule has 0 aliphatic carbocycles. The molecule has 0 aliphatic heterocycles. The number of amides is 1. The molecule has 0 aromatic rings. The van der Waals surface area contributed by atoms with Crippen molar-refractivity contribution >= 4 is 11.9 Å². The molecule has 0 bridgehead atoms. The van der Waals surface area contributed by atoms with Crippen molar-refractivity contribution in [3.8, 4) is 0 Å². The zero-order valence-corrected chi connectivity index (χ0v) is 18.2. The standard InChI is InChI=1S/C22H44N2O3/c1-4-5-6-7-8-9-10-11-12-13-14-17-22(26)27-20-18-23-21(25)16-15-19-24(2)3/h4-20H2,1-3H3,(H,23,25). The largest absolute Gasteiger partial charge is 0.464 e. The van der Waals surface area contributed by atoms with Crippen molar-refractivity contribution in [3.05, 3.63) is 0 Å². The van der Waals surface area contributed by atoms with E-state index < -0.39 is 0 Å². The number of nitrogens with one attached hydrogen (secondary N) is 1. The van der Waals surface area contributed by atoms with Gasteiger partial charge in [-0.2, -0.15) is 0 Å². The fourth-order valence-electron chi connectivity index (χ4n) is 3.01. The molecular formula is C22H44N2O3. The minimum Gasteiger partial charge on any atom is -0.464 e. The van der Waals surface area contributed by atoms with Crippen LogP contribution in [0.3, 0.4) is 0 Å². The molecule has 160 valence electrons. The van der Waals surface area contributed by atoms with Crippen LogP contribution in [0.5, 0.6) is 0 Å². The molecule has 0 rings (SSSR count). The number of hydrogen-bond donors (Lipinski definition) is 1. The lowest BCUT2D eigenvalue weighted by molar-refractivity contribution is -0.144. The Morgan fingerprint density at radius 2 is 1.33 bits per heavy atom. The molecule has 5 nitrogen and oxygen atoms in total. The third-order valence-corrected chi connectivity index (χ3v) is 4.68. The molecule has 0 aromatic carbocycles. The summed E-state index contributed by atoms with van der Waals surface area (Å²) >= 11 is 0. The van der Waals surface area contributed by atoms with E-state index >= 15 is 0 Å². The van der Waals surface area contributed by atoms with E-state index in [2.05, 4.69) is 17.1 Å². The van der Waals surface area contributed by atoms with Gasteiger partial charge < -0.3 is 15.0 Å². The quantitative estimate of drug-likeness (QED) is 0.259. The molecule has 0 heterocycles. The Labute approximate surface area is 167 Å². The van der Waals surface area contributed by atoms with Crippen molar-refractivity contribution in [2.45, 2.75) is 96.8 Å². The molecule has 0 aliphatic rings.